The Bertz CT molecular complexity index is 970. The number of ether oxygens (including phenoxy) is 1. The SMILES string of the molecule is COc1ccc(C)cc1NC(=O)[C@@H](Sc1nncn1C1CC1)c1ccccc1. The fourth-order valence-corrected chi connectivity index (χ4v) is 4.13. The van der Waals surface area contributed by atoms with Gasteiger partial charge in [0.1, 0.15) is 17.3 Å². The molecule has 1 aliphatic rings. The molecule has 4 rings (SSSR count). The summed E-state index contributed by atoms with van der Waals surface area (Å²) < 4.78 is 7.47. The fourth-order valence-electron chi connectivity index (χ4n) is 3.04. The van der Waals surface area contributed by atoms with E-state index in [9.17, 15) is 4.79 Å². The van der Waals surface area contributed by atoms with Gasteiger partial charge < -0.3 is 14.6 Å². The maximum Gasteiger partial charge on any atom is 0.242 e. The minimum Gasteiger partial charge on any atom is -0.495 e. The maximum absolute atomic E-state index is 13.3. The van der Waals surface area contributed by atoms with Gasteiger partial charge in [-0.05, 0) is 43.0 Å². The van der Waals surface area contributed by atoms with E-state index >= 15 is 0 Å². The van der Waals surface area contributed by atoms with Crippen molar-refractivity contribution in [1.82, 2.24) is 14.8 Å². The number of carbonyl (C=O) groups is 1. The van der Waals surface area contributed by atoms with Gasteiger partial charge in [0.25, 0.3) is 0 Å². The molecule has 0 aliphatic heterocycles. The lowest BCUT2D eigenvalue weighted by molar-refractivity contribution is -0.115. The second-order valence-electron chi connectivity index (χ2n) is 6.85. The Kier molecular flexibility index (Phi) is 5.34. The summed E-state index contributed by atoms with van der Waals surface area (Å²) in [7, 11) is 1.60. The van der Waals surface area contributed by atoms with Crippen LogP contribution in [-0.4, -0.2) is 27.8 Å². The van der Waals surface area contributed by atoms with Crippen molar-refractivity contribution in [3.05, 3.63) is 66.0 Å². The lowest BCUT2D eigenvalue weighted by atomic mass is 10.1. The number of thioether (sulfide) groups is 1. The molecule has 1 aliphatic carbocycles. The molecule has 1 amide bonds. The summed E-state index contributed by atoms with van der Waals surface area (Å²) in [5.41, 5.74) is 2.63. The molecule has 0 radical (unpaired) electrons. The van der Waals surface area contributed by atoms with Crippen LogP contribution in [0.5, 0.6) is 5.75 Å². The van der Waals surface area contributed by atoms with Gasteiger partial charge in [-0.2, -0.15) is 0 Å². The Morgan fingerprint density at radius 1 is 1.25 bits per heavy atom. The highest BCUT2D eigenvalue weighted by atomic mass is 32.2. The largest absolute Gasteiger partial charge is 0.495 e. The van der Waals surface area contributed by atoms with Gasteiger partial charge in [-0.1, -0.05) is 48.2 Å². The number of rotatable bonds is 7. The van der Waals surface area contributed by atoms with Crippen LogP contribution in [-0.2, 0) is 4.79 Å². The van der Waals surface area contributed by atoms with Gasteiger partial charge >= 0.3 is 0 Å². The standard InChI is InChI=1S/C21H22N4O2S/c1-14-8-11-18(27-2)17(12-14)23-20(26)19(15-6-4-3-5-7-15)28-21-24-22-13-25(21)16-9-10-16/h3-8,11-13,16,19H,9-10H2,1-2H3,(H,23,26)/t19-/m0/s1. The van der Waals surface area contributed by atoms with Crippen LogP contribution in [0.15, 0.2) is 60.0 Å². The maximum atomic E-state index is 13.3. The van der Waals surface area contributed by atoms with E-state index in [1.807, 2.05) is 55.5 Å². The zero-order valence-electron chi connectivity index (χ0n) is 15.8. The molecule has 0 spiro atoms. The van der Waals surface area contributed by atoms with E-state index < -0.39 is 5.25 Å². The number of hydrogen-bond donors (Lipinski definition) is 1. The third-order valence-corrected chi connectivity index (χ3v) is 5.88. The fraction of sp³-hybridized carbons (Fsp3) is 0.286. The monoisotopic (exact) mass is 394 g/mol. The second-order valence-corrected chi connectivity index (χ2v) is 7.93. The molecule has 3 aromatic rings. The number of anilines is 1. The van der Waals surface area contributed by atoms with Gasteiger partial charge in [-0.25, -0.2) is 0 Å². The highest BCUT2D eigenvalue weighted by Gasteiger charge is 2.30. The third kappa shape index (κ3) is 4.04. The summed E-state index contributed by atoms with van der Waals surface area (Å²) in [5, 5.41) is 11.7. The number of carbonyl (C=O) groups excluding carboxylic acids is 1. The Morgan fingerprint density at radius 3 is 2.75 bits per heavy atom. The lowest BCUT2D eigenvalue weighted by Gasteiger charge is -2.18. The van der Waals surface area contributed by atoms with Crippen molar-refractivity contribution in [2.75, 3.05) is 12.4 Å². The Balaban J connectivity index is 1.63. The molecular weight excluding hydrogens is 372 g/mol. The van der Waals surface area contributed by atoms with E-state index in [-0.39, 0.29) is 5.91 Å². The molecule has 1 saturated carbocycles. The Labute approximate surface area is 168 Å². The third-order valence-electron chi connectivity index (χ3n) is 4.66. The molecule has 1 N–H and O–H groups in total. The molecule has 0 bridgehead atoms. The summed E-state index contributed by atoms with van der Waals surface area (Å²) in [5.74, 6) is 0.516. The summed E-state index contributed by atoms with van der Waals surface area (Å²) in [6, 6.07) is 15.9. The first-order valence-corrected chi connectivity index (χ1v) is 10.1. The molecule has 2 aromatic carbocycles. The molecule has 6 nitrogen and oxygen atoms in total. The molecule has 0 saturated heterocycles. The zero-order valence-corrected chi connectivity index (χ0v) is 16.6. The highest BCUT2D eigenvalue weighted by Crippen LogP contribution is 2.41. The van der Waals surface area contributed by atoms with Crippen LogP contribution >= 0.6 is 11.8 Å². The van der Waals surface area contributed by atoms with Crippen molar-refractivity contribution in [3.63, 3.8) is 0 Å². The Morgan fingerprint density at radius 2 is 2.04 bits per heavy atom. The molecule has 28 heavy (non-hydrogen) atoms. The van der Waals surface area contributed by atoms with Crippen LogP contribution in [0.2, 0.25) is 0 Å². The van der Waals surface area contributed by atoms with Crippen LogP contribution < -0.4 is 10.1 Å². The predicted octanol–water partition coefficient (Wildman–Crippen LogP) is 4.40. The van der Waals surface area contributed by atoms with Crippen molar-refractivity contribution in [2.24, 2.45) is 0 Å². The van der Waals surface area contributed by atoms with Crippen molar-refractivity contribution in [2.45, 2.75) is 36.2 Å². The predicted molar refractivity (Wildman–Crippen MR) is 110 cm³/mol. The van der Waals surface area contributed by atoms with Crippen LogP contribution in [0.1, 0.15) is 35.3 Å². The number of aryl methyl sites for hydroxylation is 1. The molecule has 1 fully saturated rings. The number of amides is 1. The molecule has 0 unspecified atom stereocenters. The molecule has 1 atom stereocenters. The Hall–Kier alpha value is -2.80. The van der Waals surface area contributed by atoms with Gasteiger partial charge in [0, 0.05) is 6.04 Å². The van der Waals surface area contributed by atoms with E-state index in [0.717, 1.165) is 29.1 Å². The average Bonchev–Trinajstić information content (AvgIpc) is 3.45. The summed E-state index contributed by atoms with van der Waals surface area (Å²) >= 11 is 1.42. The van der Waals surface area contributed by atoms with Gasteiger partial charge in [-0.3, -0.25) is 4.79 Å². The van der Waals surface area contributed by atoms with Crippen molar-refractivity contribution >= 4 is 23.4 Å². The van der Waals surface area contributed by atoms with Gasteiger partial charge in [0.15, 0.2) is 5.16 Å². The smallest absolute Gasteiger partial charge is 0.242 e. The first-order chi connectivity index (χ1) is 13.7. The molecule has 1 aromatic heterocycles. The molecule has 7 heteroatoms. The van der Waals surface area contributed by atoms with E-state index in [4.69, 9.17) is 4.74 Å². The minimum atomic E-state index is -0.451. The first-order valence-electron chi connectivity index (χ1n) is 9.22. The molecule has 1 heterocycles. The van der Waals surface area contributed by atoms with Crippen molar-refractivity contribution in [3.8, 4) is 5.75 Å². The number of aromatic nitrogens is 3. The van der Waals surface area contributed by atoms with Crippen LogP contribution in [0, 0.1) is 6.92 Å². The summed E-state index contributed by atoms with van der Waals surface area (Å²) in [4.78, 5) is 13.3. The first kappa shape index (κ1) is 18.6. The van der Waals surface area contributed by atoms with Crippen molar-refractivity contribution < 1.29 is 9.53 Å². The van der Waals surface area contributed by atoms with Gasteiger partial charge in [0.05, 0.1) is 12.8 Å². The molecular formula is C21H22N4O2S. The minimum absolute atomic E-state index is 0.120. The van der Waals surface area contributed by atoms with Crippen LogP contribution in [0.3, 0.4) is 0 Å². The number of methoxy groups -OCH3 is 1. The van der Waals surface area contributed by atoms with E-state index in [2.05, 4.69) is 20.1 Å². The van der Waals surface area contributed by atoms with E-state index in [1.54, 1.807) is 13.4 Å². The van der Waals surface area contributed by atoms with Crippen LogP contribution in [0.4, 0.5) is 5.69 Å². The quantitative estimate of drug-likeness (QED) is 0.602. The number of hydrogen-bond acceptors (Lipinski definition) is 5. The number of nitrogens with one attached hydrogen (secondary N) is 1. The average molecular weight is 395 g/mol. The second kappa shape index (κ2) is 8.06. The lowest BCUT2D eigenvalue weighted by Crippen LogP contribution is -2.20. The topological polar surface area (TPSA) is 69.0 Å². The van der Waals surface area contributed by atoms with Crippen LogP contribution in [0.25, 0.3) is 0 Å². The van der Waals surface area contributed by atoms with Gasteiger partial charge in [0.2, 0.25) is 5.91 Å². The van der Waals surface area contributed by atoms with E-state index in [1.165, 1.54) is 11.8 Å². The summed E-state index contributed by atoms with van der Waals surface area (Å²) in [6.45, 7) is 1.98. The van der Waals surface area contributed by atoms with Crippen molar-refractivity contribution in [1.29, 1.82) is 0 Å². The zero-order chi connectivity index (χ0) is 19.5. The van der Waals surface area contributed by atoms with Gasteiger partial charge in [-0.15, -0.1) is 10.2 Å². The summed E-state index contributed by atoms with van der Waals surface area (Å²) in [6.07, 6.45) is 4.02. The van der Waals surface area contributed by atoms with E-state index in [0.29, 0.717) is 17.5 Å². The number of nitrogens with zero attached hydrogens (tertiary/aromatic N) is 3. The normalized spacial score (nSPS) is 14.5. The highest BCUT2D eigenvalue weighted by molar-refractivity contribution is 8.00. The molecule has 144 valence electrons. The number of benzene rings is 2.